The minimum absolute atomic E-state index is 0.299. The molecule has 0 saturated carbocycles. The van der Waals surface area contributed by atoms with Crippen LogP contribution in [0, 0.1) is 12.7 Å². The van der Waals surface area contributed by atoms with Gasteiger partial charge in [0.1, 0.15) is 5.82 Å². The molecule has 2 aromatic rings. The van der Waals surface area contributed by atoms with Crippen molar-refractivity contribution in [2.75, 3.05) is 19.6 Å². The second kappa shape index (κ2) is 7.01. The van der Waals surface area contributed by atoms with Crippen LogP contribution in [0.25, 0.3) is 0 Å². The van der Waals surface area contributed by atoms with Crippen molar-refractivity contribution in [3.8, 4) is 0 Å². The smallest absolute Gasteiger partial charge is 0.123 e. The fraction of sp³-hybridized carbons (Fsp3) is 0.400. The average Bonchev–Trinajstić information content (AvgIpc) is 2.58. The predicted molar refractivity (Wildman–Crippen MR) is 92.1 cm³/mol. The number of β-amino-alcohol motifs (C(OH)–C–C–N with tert-alkyl or cyclic N) is 1. The molecule has 24 heavy (non-hydrogen) atoms. The van der Waals surface area contributed by atoms with Crippen molar-refractivity contribution in [1.82, 2.24) is 4.90 Å². The Kier molecular flexibility index (Phi) is 4.99. The summed E-state index contributed by atoms with van der Waals surface area (Å²) in [5.41, 5.74) is 2.04. The first kappa shape index (κ1) is 17.1. The van der Waals surface area contributed by atoms with Crippen molar-refractivity contribution < 1.29 is 14.6 Å². The van der Waals surface area contributed by atoms with Crippen LogP contribution >= 0.6 is 0 Å². The van der Waals surface area contributed by atoms with E-state index < -0.39 is 11.7 Å². The standard InChI is InChI=1S/C20H24FNO2/c1-15-4-2-3-5-18(15)20(24)10-12-22(13-11-20)14-19(23)16-6-8-17(21)9-7-16/h2-9,19,23-24H,10-14H2,1H3/t19-/m1/s1. The van der Waals surface area contributed by atoms with Gasteiger partial charge in [0.2, 0.25) is 0 Å². The van der Waals surface area contributed by atoms with Crippen LogP contribution in [-0.4, -0.2) is 34.7 Å². The quantitative estimate of drug-likeness (QED) is 0.906. The Balaban J connectivity index is 1.61. The van der Waals surface area contributed by atoms with Crippen LogP contribution in [-0.2, 0) is 5.60 Å². The number of halogens is 1. The molecule has 2 aromatic carbocycles. The summed E-state index contributed by atoms with van der Waals surface area (Å²) >= 11 is 0. The lowest BCUT2D eigenvalue weighted by Crippen LogP contribution is -2.44. The highest BCUT2D eigenvalue weighted by molar-refractivity contribution is 5.31. The molecule has 1 aliphatic rings. The number of hydrogen-bond acceptors (Lipinski definition) is 3. The van der Waals surface area contributed by atoms with Crippen LogP contribution in [0.3, 0.4) is 0 Å². The fourth-order valence-corrected chi connectivity index (χ4v) is 3.50. The van der Waals surface area contributed by atoms with Crippen LogP contribution in [0.5, 0.6) is 0 Å². The van der Waals surface area contributed by atoms with Gasteiger partial charge in [-0.1, -0.05) is 36.4 Å². The molecule has 0 amide bonds. The number of piperidine rings is 1. The van der Waals surface area contributed by atoms with Gasteiger partial charge in [-0.25, -0.2) is 4.39 Å². The molecule has 0 aliphatic carbocycles. The number of benzene rings is 2. The highest BCUT2D eigenvalue weighted by atomic mass is 19.1. The van der Waals surface area contributed by atoms with Crippen LogP contribution < -0.4 is 0 Å². The summed E-state index contributed by atoms with van der Waals surface area (Å²) in [6.45, 7) is 3.97. The SMILES string of the molecule is Cc1ccccc1C1(O)CCN(C[C@@H](O)c2ccc(F)cc2)CC1. The van der Waals surface area contributed by atoms with Crippen molar-refractivity contribution in [3.63, 3.8) is 0 Å². The van der Waals surface area contributed by atoms with Gasteiger partial charge in [0.05, 0.1) is 11.7 Å². The Bertz CT molecular complexity index is 678. The topological polar surface area (TPSA) is 43.7 Å². The first-order valence-corrected chi connectivity index (χ1v) is 8.42. The highest BCUT2D eigenvalue weighted by Gasteiger charge is 2.35. The molecular formula is C20H24FNO2. The van der Waals surface area contributed by atoms with E-state index in [1.54, 1.807) is 12.1 Å². The summed E-state index contributed by atoms with van der Waals surface area (Å²) in [6, 6.07) is 13.9. The molecule has 1 fully saturated rings. The van der Waals surface area contributed by atoms with Gasteiger partial charge in [-0.3, -0.25) is 0 Å². The van der Waals surface area contributed by atoms with Gasteiger partial charge in [0.25, 0.3) is 0 Å². The van der Waals surface area contributed by atoms with E-state index in [2.05, 4.69) is 4.90 Å². The van der Waals surface area contributed by atoms with E-state index in [-0.39, 0.29) is 5.82 Å². The Labute approximate surface area is 142 Å². The molecule has 128 valence electrons. The summed E-state index contributed by atoms with van der Waals surface area (Å²) in [4.78, 5) is 2.15. The van der Waals surface area contributed by atoms with Crippen molar-refractivity contribution in [1.29, 1.82) is 0 Å². The number of likely N-dealkylation sites (tertiary alicyclic amines) is 1. The molecule has 1 saturated heterocycles. The summed E-state index contributed by atoms with van der Waals surface area (Å²) in [5.74, 6) is -0.299. The molecule has 0 spiro atoms. The summed E-state index contributed by atoms with van der Waals surface area (Å²) in [6.07, 6.45) is 0.650. The number of aryl methyl sites for hydroxylation is 1. The predicted octanol–water partition coefficient (Wildman–Crippen LogP) is 3.15. The van der Waals surface area contributed by atoms with Crippen molar-refractivity contribution in [2.45, 2.75) is 31.5 Å². The maximum absolute atomic E-state index is 13.0. The zero-order valence-electron chi connectivity index (χ0n) is 14.0. The summed E-state index contributed by atoms with van der Waals surface area (Å²) in [7, 11) is 0. The van der Waals surface area contributed by atoms with E-state index in [0.29, 0.717) is 19.4 Å². The van der Waals surface area contributed by atoms with Gasteiger partial charge in [-0.15, -0.1) is 0 Å². The number of aliphatic hydroxyl groups is 2. The molecule has 2 N–H and O–H groups in total. The van der Waals surface area contributed by atoms with E-state index in [4.69, 9.17) is 0 Å². The molecule has 0 bridgehead atoms. The summed E-state index contributed by atoms with van der Waals surface area (Å²) < 4.78 is 13.0. The van der Waals surface area contributed by atoms with E-state index in [0.717, 1.165) is 29.8 Å². The van der Waals surface area contributed by atoms with Crippen molar-refractivity contribution in [2.24, 2.45) is 0 Å². The Hall–Kier alpha value is -1.75. The molecule has 0 aromatic heterocycles. The fourth-order valence-electron chi connectivity index (χ4n) is 3.50. The first-order chi connectivity index (χ1) is 11.5. The maximum Gasteiger partial charge on any atom is 0.123 e. The molecule has 0 unspecified atom stereocenters. The minimum Gasteiger partial charge on any atom is -0.387 e. The van der Waals surface area contributed by atoms with Crippen LogP contribution in [0.1, 0.15) is 35.6 Å². The Morgan fingerprint density at radius 3 is 2.33 bits per heavy atom. The second-order valence-electron chi connectivity index (χ2n) is 6.71. The van der Waals surface area contributed by atoms with Gasteiger partial charge in [0.15, 0.2) is 0 Å². The van der Waals surface area contributed by atoms with Crippen LogP contribution in [0.2, 0.25) is 0 Å². The third-order valence-electron chi connectivity index (χ3n) is 5.02. The number of rotatable bonds is 4. The zero-order valence-corrected chi connectivity index (χ0v) is 14.0. The Morgan fingerprint density at radius 2 is 1.71 bits per heavy atom. The largest absolute Gasteiger partial charge is 0.387 e. The van der Waals surface area contributed by atoms with E-state index >= 15 is 0 Å². The molecule has 1 heterocycles. The maximum atomic E-state index is 13.0. The van der Waals surface area contributed by atoms with Gasteiger partial charge >= 0.3 is 0 Å². The van der Waals surface area contributed by atoms with Crippen molar-refractivity contribution >= 4 is 0 Å². The molecule has 1 atom stereocenters. The monoisotopic (exact) mass is 329 g/mol. The molecule has 0 radical (unpaired) electrons. The molecule has 4 heteroatoms. The third kappa shape index (κ3) is 3.66. The average molecular weight is 329 g/mol. The number of nitrogens with zero attached hydrogens (tertiary/aromatic N) is 1. The van der Waals surface area contributed by atoms with E-state index in [9.17, 15) is 14.6 Å². The van der Waals surface area contributed by atoms with Gasteiger partial charge in [0, 0.05) is 19.6 Å². The van der Waals surface area contributed by atoms with Crippen LogP contribution in [0.4, 0.5) is 4.39 Å². The molecule has 3 nitrogen and oxygen atoms in total. The third-order valence-corrected chi connectivity index (χ3v) is 5.02. The van der Waals surface area contributed by atoms with Crippen LogP contribution in [0.15, 0.2) is 48.5 Å². The highest BCUT2D eigenvalue weighted by Crippen LogP contribution is 2.35. The Morgan fingerprint density at radius 1 is 1.08 bits per heavy atom. The van der Waals surface area contributed by atoms with E-state index in [1.807, 2.05) is 31.2 Å². The molecule has 3 rings (SSSR count). The van der Waals surface area contributed by atoms with E-state index in [1.165, 1.54) is 12.1 Å². The summed E-state index contributed by atoms with van der Waals surface area (Å²) in [5, 5.41) is 21.3. The number of aliphatic hydroxyl groups excluding tert-OH is 1. The minimum atomic E-state index is -0.789. The van der Waals surface area contributed by atoms with Gasteiger partial charge in [-0.2, -0.15) is 0 Å². The lowest BCUT2D eigenvalue weighted by molar-refractivity contribution is -0.0348. The van der Waals surface area contributed by atoms with Crippen molar-refractivity contribution in [3.05, 3.63) is 71.0 Å². The number of hydrogen-bond donors (Lipinski definition) is 2. The van der Waals surface area contributed by atoms with Gasteiger partial charge < -0.3 is 15.1 Å². The molecule has 1 aliphatic heterocycles. The normalized spacial score (nSPS) is 19.2. The zero-order chi connectivity index (χ0) is 17.2. The first-order valence-electron chi connectivity index (χ1n) is 8.42. The van der Waals surface area contributed by atoms with Gasteiger partial charge in [-0.05, 0) is 48.6 Å². The molecular weight excluding hydrogens is 305 g/mol. The second-order valence-corrected chi connectivity index (χ2v) is 6.71. The lowest BCUT2D eigenvalue weighted by atomic mass is 9.82. The lowest BCUT2D eigenvalue weighted by Gasteiger charge is -2.39.